The van der Waals surface area contributed by atoms with E-state index in [1.165, 1.54) is 18.2 Å². The van der Waals surface area contributed by atoms with E-state index in [1.54, 1.807) is 12.1 Å². The minimum absolute atomic E-state index is 0.243. The minimum Gasteiger partial charge on any atom is -0.388 e. The molecule has 0 spiro atoms. The number of halogens is 4. The van der Waals surface area contributed by atoms with Gasteiger partial charge in [0.05, 0.1) is 6.10 Å². The highest BCUT2D eigenvalue weighted by Crippen LogP contribution is 2.28. The van der Waals surface area contributed by atoms with Crippen molar-refractivity contribution in [3.8, 4) is 0 Å². The highest BCUT2D eigenvalue weighted by molar-refractivity contribution is 14.1. The van der Waals surface area contributed by atoms with E-state index in [0.29, 0.717) is 21.2 Å². The van der Waals surface area contributed by atoms with Gasteiger partial charge in [0.2, 0.25) is 0 Å². The molecular weight excluding hydrogens is 401 g/mol. The van der Waals surface area contributed by atoms with Crippen LogP contribution in [0.3, 0.4) is 0 Å². The van der Waals surface area contributed by atoms with Gasteiger partial charge in [-0.1, -0.05) is 23.2 Å². The molecular formula is C14H10Cl2FIO. The third-order valence-electron chi connectivity index (χ3n) is 2.74. The second kappa shape index (κ2) is 6.39. The zero-order valence-corrected chi connectivity index (χ0v) is 13.4. The lowest BCUT2D eigenvalue weighted by Crippen LogP contribution is -2.04. The molecule has 2 rings (SSSR count). The average molecular weight is 411 g/mol. The van der Waals surface area contributed by atoms with E-state index < -0.39 is 6.10 Å². The molecule has 0 aliphatic heterocycles. The van der Waals surface area contributed by atoms with Crippen LogP contribution in [0.25, 0.3) is 0 Å². The number of aliphatic hydroxyl groups excluding tert-OH is 1. The van der Waals surface area contributed by atoms with E-state index in [9.17, 15) is 9.50 Å². The monoisotopic (exact) mass is 410 g/mol. The van der Waals surface area contributed by atoms with Crippen molar-refractivity contribution in [2.75, 3.05) is 0 Å². The van der Waals surface area contributed by atoms with Crippen molar-refractivity contribution >= 4 is 45.8 Å². The SMILES string of the molecule is OC(Cc1cc(F)ccc1Cl)c1cc(Cl)ccc1I. The summed E-state index contributed by atoms with van der Waals surface area (Å²) in [5, 5.41) is 11.2. The van der Waals surface area contributed by atoms with Gasteiger partial charge in [-0.05, 0) is 70.1 Å². The lowest BCUT2D eigenvalue weighted by atomic mass is 10.0. The number of benzene rings is 2. The van der Waals surface area contributed by atoms with Gasteiger partial charge in [0.1, 0.15) is 5.82 Å². The fraction of sp³-hybridized carbons (Fsp3) is 0.143. The van der Waals surface area contributed by atoms with Gasteiger partial charge >= 0.3 is 0 Å². The Labute approximate surface area is 134 Å². The summed E-state index contributed by atoms with van der Waals surface area (Å²) in [6.07, 6.45) is -0.530. The van der Waals surface area contributed by atoms with Gasteiger partial charge in [-0.15, -0.1) is 0 Å². The first-order valence-corrected chi connectivity index (χ1v) is 7.38. The lowest BCUT2D eigenvalue weighted by Gasteiger charge is -2.14. The molecule has 0 radical (unpaired) electrons. The van der Waals surface area contributed by atoms with E-state index in [1.807, 2.05) is 6.07 Å². The summed E-state index contributed by atoms with van der Waals surface area (Å²) in [5.41, 5.74) is 1.29. The third kappa shape index (κ3) is 3.81. The first-order valence-electron chi connectivity index (χ1n) is 5.54. The van der Waals surface area contributed by atoms with Crippen LogP contribution in [0.15, 0.2) is 36.4 Å². The van der Waals surface area contributed by atoms with E-state index >= 15 is 0 Å². The van der Waals surface area contributed by atoms with Crippen LogP contribution >= 0.6 is 45.8 Å². The van der Waals surface area contributed by atoms with Gasteiger partial charge in [0, 0.05) is 20.0 Å². The quantitative estimate of drug-likeness (QED) is 0.705. The summed E-state index contributed by atoms with van der Waals surface area (Å²) in [5.74, 6) is -0.368. The van der Waals surface area contributed by atoms with Crippen molar-refractivity contribution in [2.24, 2.45) is 0 Å². The Balaban J connectivity index is 2.27. The summed E-state index contributed by atoms with van der Waals surface area (Å²) >= 11 is 14.0. The van der Waals surface area contributed by atoms with Crippen LogP contribution in [0.2, 0.25) is 10.0 Å². The predicted molar refractivity (Wildman–Crippen MR) is 84.2 cm³/mol. The number of hydrogen-bond donors (Lipinski definition) is 1. The molecule has 0 saturated heterocycles. The molecule has 19 heavy (non-hydrogen) atoms. The van der Waals surface area contributed by atoms with Crippen LogP contribution in [0.4, 0.5) is 4.39 Å². The van der Waals surface area contributed by atoms with Crippen molar-refractivity contribution in [2.45, 2.75) is 12.5 Å². The molecule has 1 N–H and O–H groups in total. The summed E-state index contributed by atoms with van der Waals surface area (Å²) < 4.78 is 14.1. The molecule has 0 aliphatic carbocycles. The zero-order chi connectivity index (χ0) is 14.0. The van der Waals surface area contributed by atoms with Crippen molar-refractivity contribution in [1.82, 2.24) is 0 Å². The van der Waals surface area contributed by atoms with E-state index in [2.05, 4.69) is 22.6 Å². The number of hydrogen-bond acceptors (Lipinski definition) is 1. The van der Waals surface area contributed by atoms with Gasteiger partial charge < -0.3 is 5.11 Å². The van der Waals surface area contributed by atoms with Crippen LogP contribution in [-0.2, 0) is 6.42 Å². The highest BCUT2D eigenvalue weighted by atomic mass is 127. The summed E-state index contributed by atoms with van der Waals surface area (Å²) in [7, 11) is 0. The topological polar surface area (TPSA) is 20.2 Å². The standard InChI is InChI=1S/C14H10Cl2FIO/c15-9-1-4-13(18)11(7-9)14(19)6-8-5-10(17)2-3-12(8)16/h1-5,7,14,19H,6H2. The molecule has 0 fully saturated rings. The molecule has 100 valence electrons. The number of rotatable bonds is 3. The largest absolute Gasteiger partial charge is 0.388 e. The van der Waals surface area contributed by atoms with Gasteiger partial charge in [-0.3, -0.25) is 0 Å². The highest BCUT2D eigenvalue weighted by Gasteiger charge is 2.15. The van der Waals surface area contributed by atoms with Crippen molar-refractivity contribution in [3.05, 3.63) is 67.0 Å². The molecule has 1 nitrogen and oxygen atoms in total. The zero-order valence-electron chi connectivity index (χ0n) is 9.71. The Morgan fingerprint density at radius 1 is 1.16 bits per heavy atom. The molecule has 5 heteroatoms. The van der Waals surface area contributed by atoms with Gasteiger partial charge in [-0.2, -0.15) is 0 Å². The van der Waals surface area contributed by atoms with Gasteiger partial charge in [-0.25, -0.2) is 4.39 Å². The Bertz CT molecular complexity index is 604. The summed E-state index contributed by atoms with van der Waals surface area (Å²) in [6, 6.07) is 9.41. The maximum absolute atomic E-state index is 13.2. The van der Waals surface area contributed by atoms with Crippen LogP contribution in [0.5, 0.6) is 0 Å². The van der Waals surface area contributed by atoms with Crippen LogP contribution in [0, 0.1) is 9.39 Å². The van der Waals surface area contributed by atoms with Crippen LogP contribution in [-0.4, -0.2) is 5.11 Å². The van der Waals surface area contributed by atoms with Gasteiger partial charge in [0.15, 0.2) is 0 Å². The van der Waals surface area contributed by atoms with E-state index in [4.69, 9.17) is 23.2 Å². The predicted octanol–water partition coefficient (Wildman–Crippen LogP) is 5.01. The Morgan fingerprint density at radius 3 is 2.63 bits per heavy atom. The molecule has 0 aromatic heterocycles. The molecule has 1 atom stereocenters. The Morgan fingerprint density at radius 2 is 1.89 bits per heavy atom. The first-order chi connectivity index (χ1) is 8.97. The van der Waals surface area contributed by atoms with Gasteiger partial charge in [0.25, 0.3) is 0 Å². The summed E-state index contributed by atoms with van der Waals surface area (Å²) in [4.78, 5) is 0. The lowest BCUT2D eigenvalue weighted by molar-refractivity contribution is 0.177. The third-order valence-corrected chi connectivity index (χ3v) is 4.32. The minimum atomic E-state index is -0.773. The molecule has 1 unspecified atom stereocenters. The number of aliphatic hydroxyl groups is 1. The molecule has 0 bridgehead atoms. The maximum Gasteiger partial charge on any atom is 0.123 e. The second-order valence-electron chi connectivity index (χ2n) is 4.12. The molecule has 0 heterocycles. The normalized spacial score (nSPS) is 12.5. The summed E-state index contributed by atoms with van der Waals surface area (Å²) in [6.45, 7) is 0. The molecule has 0 saturated carbocycles. The fourth-order valence-corrected chi connectivity index (χ4v) is 2.86. The van der Waals surface area contributed by atoms with E-state index in [0.717, 1.165) is 3.57 Å². The molecule has 0 aliphatic rings. The van der Waals surface area contributed by atoms with Crippen molar-refractivity contribution in [1.29, 1.82) is 0 Å². The molecule has 2 aromatic rings. The second-order valence-corrected chi connectivity index (χ2v) is 6.13. The van der Waals surface area contributed by atoms with Crippen LogP contribution in [0.1, 0.15) is 17.2 Å². The van der Waals surface area contributed by atoms with Crippen molar-refractivity contribution < 1.29 is 9.50 Å². The molecule has 2 aromatic carbocycles. The van der Waals surface area contributed by atoms with Crippen molar-refractivity contribution in [3.63, 3.8) is 0 Å². The first kappa shape index (κ1) is 15.0. The smallest absolute Gasteiger partial charge is 0.123 e. The fourth-order valence-electron chi connectivity index (χ4n) is 1.79. The van der Waals surface area contributed by atoms with E-state index in [-0.39, 0.29) is 12.2 Å². The van der Waals surface area contributed by atoms with Crippen LogP contribution < -0.4 is 0 Å². The maximum atomic E-state index is 13.2. The average Bonchev–Trinajstić information content (AvgIpc) is 2.36. The Kier molecular flexibility index (Phi) is 5.06. The Hall–Kier alpha value is -0.360. The molecule has 0 amide bonds.